The molecule has 23 heavy (non-hydrogen) atoms. The summed E-state index contributed by atoms with van der Waals surface area (Å²) >= 11 is 1.22. The quantitative estimate of drug-likeness (QED) is 0.670. The first kappa shape index (κ1) is 15.3. The number of aliphatic hydroxyl groups excluding tert-OH is 1. The summed E-state index contributed by atoms with van der Waals surface area (Å²) in [6, 6.07) is 17.2. The molecule has 0 radical (unpaired) electrons. The van der Waals surface area contributed by atoms with Gasteiger partial charge in [0.05, 0.1) is 12.3 Å². The fourth-order valence-corrected chi connectivity index (χ4v) is 2.43. The molecule has 6 nitrogen and oxygen atoms in total. The summed E-state index contributed by atoms with van der Waals surface area (Å²) in [6.07, 6.45) is 0. The van der Waals surface area contributed by atoms with Gasteiger partial charge in [0.15, 0.2) is 5.82 Å². The Morgan fingerprint density at radius 3 is 2.52 bits per heavy atom. The highest BCUT2D eigenvalue weighted by Gasteiger charge is 2.05. The molecule has 0 aliphatic carbocycles. The summed E-state index contributed by atoms with van der Waals surface area (Å²) in [5, 5.41) is 20.6. The van der Waals surface area contributed by atoms with Gasteiger partial charge in [-0.1, -0.05) is 30.3 Å². The molecule has 0 atom stereocenters. The Balaban J connectivity index is 1.67. The molecule has 2 aromatic carbocycles. The van der Waals surface area contributed by atoms with Crippen molar-refractivity contribution in [3.8, 4) is 11.4 Å². The van der Waals surface area contributed by atoms with E-state index in [4.69, 9.17) is 5.11 Å². The summed E-state index contributed by atoms with van der Waals surface area (Å²) in [7, 11) is 0. The molecule has 0 fully saturated rings. The van der Waals surface area contributed by atoms with Gasteiger partial charge in [0, 0.05) is 29.3 Å². The van der Waals surface area contributed by atoms with Crippen LogP contribution in [0, 0.1) is 0 Å². The Bertz CT molecular complexity index is 771. The van der Waals surface area contributed by atoms with E-state index in [0.717, 1.165) is 16.9 Å². The fraction of sp³-hybridized carbons (Fsp3) is 0.125. The molecule has 1 heterocycles. The van der Waals surface area contributed by atoms with E-state index in [9.17, 15) is 0 Å². The average Bonchev–Trinajstić information content (AvgIpc) is 3.09. The van der Waals surface area contributed by atoms with Crippen LogP contribution in [0.25, 0.3) is 11.4 Å². The zero-order chi connectivity index (χ0) is 15.9. The van der Waals surface area contributed by atoms with E-state index in [1.165, 1.54) is 11.5 Å². The van der Waals surface area contributed by atoms with E-state index >= 15 is 0 Å². The van der Waals surface area contributed by atoms with E-state index in [0.29, 0.717) is 17.5 Å². The normalized spacial score (nSPS) is 11.0. The number of nitrogens with zero attached hydrogens (tertiary/aromatic N) is 4. The standard InChI is InChI=1S/C16H15N5OS/c22-11-10-17-13-6-8-14(9-7-13)19-20-16-18-15(21-23-16)12-4-2-1-3-5-12/h1-9,17,22H,10-11H2. The van der Waals surface area contributed by atoms with Gasteiger partial charge in [0.25, 0.3) is 0 Å². The number of hydrogen-bond acceptors (Lipinski definition) is 7. The maximum Gasteiger partial charge on any atom is 0.249 e. The van der Waals surface area contributed by atoms with Crippen molar-refractivity contribution in [1.29, 1.82) is 0 Å². The predicted molar refractivity (Wildman–Crippen MR) is 91.5 cm³/mol. The fourth-order valence-electron chi connectivity index (χ4n) is 1.91. The van der Waals surface area contributed by atoms with Crippen molar-refractivity contribution in [2.24, 2.45) is 10.2 Å². The topological polar surface area (TPSA) is 82.8 Å². The first-order valence-electron chi connectivity index (χ1n) is 7.11. The molecule has 2 N–H and O–H groups in total. The van der Waals surface area contributed by atoms with Crippen LogP contribution >= 0.6 is 11.5 Å². The number of nitrogens with one attached hydrogen (secondary N) is 1. The van der Waals surface area contributed by atoms with Crippen LogP contribution in [0.15, 0.2) is 64.8 Å². The highest BCUT2D eigenvalue weighted by Crippen LogP contribution is 2.25. The number of aliphatic hydroxyl groups is 1. The molecule has 0 spiro atoms. The van der Waals surface area contributed by atoms with E-state index in [1.54, 1.807) is 0 Å². The molecule has 3 aromatic rings. The Labute approximate surface area is 137 Å². The Morgan fingerprint density at radius 1 is 1.00 bits per heavy atom. The first-order valence-corrected chi connectivity index (χ1v) is 7.88. The van der Waals surface area contributed by atoms with Crippen LogP contribution in [-0.4, -0.2) is 27.6 Å². The summed E-state index contributed by atoms with van der Waals surface area (Å²) in [5.74, 6) is 0.660. The summed E-state index contributed by atoms with van der Waals surface area (Å²) in [4.78, 5) is 4.36. The number of azo groups is 1. The van der Waals surface area contributed by atoms with Gasteiger partial charge in [-0.25, -0.2) is 0 Å². The van der Waals surface area contributed by atoms with E-state index < -0.39 is 0 Å². The zero-order valence-corrected chi connectivity index (χ0v) is 13.1. The first-order chi connectivity index (χ1) is 11.3. The van der Waals surface area contributed by atoms with Gasteiger partial charge in [0.1, 0.15) is 0 Å². The Kier molecular flexibility index (Phi) is 5.02. The zero-order valence-electron chi connectivity index (χ0n) is 12.3. The van der Waals surface area contributed by atoms with Gasteiger partial charge in [0.2, 0.25) is 5.13 Å². The van der Waals surface area contributed by atoms with Crippen LogP contribution in [0.3, 0.4) is 0 Å². The van der Waals surface area contributed by atoms with Gasteiger partial charge >= 0.3 is 0 Å². The monoisotopic (exact) mass is 325 g/mol. The van der Waals surface area contributed by atoms with Gasteiger partial charge in [-0.15, -0.1) is 10.2 Å². The summed E-state index contributed by atoms with van der Waals surface area (Å²) in [6.45, 7) is 0.621. The number of anilines is 1. The number of rotatable bonds is 6. The van der Waals surface area contributed by atoms with E-state index in [2.05, 4.69) is 24.9 Å². The van der Waals surface area contributed by atoms with Crippen LogP contribution in [0.4, 0.5) is 16.5 Å². The molecule has 3 rings (SSSR count). The van der Waals surface area contributed by atoms with Crippen molar-refractivity contribution in [2.75, 3.05) is 18.5 Å². The minimum Gasteiger partial charge on any atom is -0.395 e. The van der Waals surface area contributed by atoms with Crippen LogP contribution in [0.1, 0.15) is 0 Å². The minimum absolute atomic E-state index is 0.0995. The Hall–Kier alpha value is -2.64. The van der Waals surface area contributed by atoms with Gasteiger partial charge in [-0.2, -0.15) is 9.36 Å². The number of aromatic nitrogens is 2. The second-order valence-corrected chi connectivity index (χ2v) is 5.39. The van der Waals surface area contributed by atoms with Crippen LogP contribution in [0.2, 0.25) is 0 Å². The molecule has 7 heteroatoms. The third-order valence-electron chi connectivity index (χ3n) is 3.01. The third kappa shape index (κ3) is 4.18. The largest absolute Gasteiger partial charge is 0.395 e. The van der Waals surface area contributed by atoms with E-state index in [-0.39, 0.29) is 6.61 Å². The molecule has 0 amide bonds. The smallest absolute Gasteiger partial charge is 0.249 e. The predicted octanol–water partition coefficient (Wildman–Crippen LogP) is 4.02. The lowest BCUT2D eigenvalue weighted by Crippen LogP contribution is -2.04. The second-order valence-electron chi connectivity index (χ2n) is 4.66. The molecule has 0 aliphatic rings. The molecule has 0 bridgehead atoms. The van der Waals surface area contributed by atoms with Crippen molar-refractivity contribution < 1.29 is 5.11 Å². The van der Waals surface area contributed by atoms with Gasteiger partial charge in [-0.3, -0.25) is 0 Å². The molecule has 116 valence electrons. The number of benzene rings is 2. The molecule has 0 saturated carbocycles. The van der Waals surface area contributed by atoms with Crippen LogP contribution in [-0.2, 0) is 0 Å². The van der Waals surface area contributed by atoms with Crippen molar-refractivity contribution in [3.05, 3.63) is 54.6 Å². The summed E-state index contributed by atoms with van der Waals surface area (Å²) in [5.41, 5.74) is 2.63. The SMILES string of the molecule is OCCNc1ccc(N=Nc2nc(-c3ccccc3)ns2)cc1. The average molecular weight is 325 g/mol. The molecule has 0 aliphatic heterocycles. The molecular weight excluding hydrogens is 310 g/mol. The van der Waals surface area contributed by atoms with Crippen molar-refractivity contribution in [1.82, 2.24) is 9.36 Å². The lowest BCUT2D eigenvalue weighted by atomic mass is 10.2. The highest BCUT2D eigenvalue weighted by atomic mass is 32.1. The molecule has 0 saturated heterocycles. The van der Waals surface area contributed by atoms with Crippen molar-refractivity contribution in [2.45, 2.75) is 0 Å². The second kappa shape index (κ2) is 7.57. The maximum absolute atomic E-state index is 8.77. The number of hydrogen-bond donors (Lipinski definition) is 2. The highest BCUT2D eigenvalue weighted by molar-refractivity contribution is 7.09. The van der Waals surface area contributed by atoms with Crippen molar-refractivity contribution >= 4 is 28.0 Å². The molecule has 1 aromatic heterocycles. The van der Waals surface area contributed by atoms with Crippen molar-refractivity contribution in [3.63, 3.8) is 0 Å². The summed E-state index contributed by atoms with van der Waals surface area (Å²) < 4.78 is 4.29. The third-order valence-corrected chi connectivity index (χ3v) is 3.61. The van der Waals surface area contributed by atoms with Crippen LogP contribution in [0.5, 0.6) is 0 Å². The van der Waals surface area contributed by atoms with E-state index in [1.807, 2.05) is 54.6 Å². The maximum atomic E-state index is 8.77. The molecular formula is C16H15N5OS. The van der Waals surface area contributed by atoms with Gasteiger partial charge in [-0.05, 0) is 24.3 Å². The lowest BCUT2D eigenvalue weighted by Gasteiger charge is -2.03. The molecule has 0 unspecified atom stereocenters. The van der Waals surface area contributed by atoms with Crippen LogP contribution < -0.4 is 5.32 Å². The van der Waals surface area contributed by atoms with Gasteiger partial charge < -0.3 is 10.4 Å². The Morgan fingerprint density at radius 2 is 1.78 bits per heavy atom. The lowest BCUT2D eigenvalue weighted by molar-refractivity contribution is 0.311. The minimum atomic E-state index is 0.0995.